The van der Waals surface area contributed by atoms with E-state index in [2.05, 4.69) is 15.3 Å². The van der Waals surface area contributed by atoms with Crippen LogP contribution in [0.2, 0.25) is 0 Å². The monoisotopic (exact) mass is 299 g/mol. The summed E-state index contributed by atoms with van der Waals surface area (Å²) < 4.78 is 1.81. The molecule has 1 aromatic carbocycles. The van der Waals surface area contributed by atoms with Crippen molar-refractivity contribution >= 4 is 28.6 Å². The highest BCUT2D eigenvalue weighted by Gasteiger charge is 2.15. The molecule has 3 aromatic rings. The zero-order valence-corrected chi connectivity index (χ0v) is 12.2. The first-order chi connectivity index (χ1) is 10.2. The van der Waals surface area contributed by atoms with Crippen LogP contribution in [0, 0.1) is 6.92 Å². The molecule has 2 N–H and O–H groups in total. The van der Waals surface area contributed by atoms with Crippen molar-refractivity contribution in [3.05, 3.63) is 42.2 Å². The standard InChI is InChI=1S/C14H13N5OS/c1-9-11-7-16-19(10-5-3-2-4-6-10)13(11)14(18-17-9)21-8-12(15)20/h2-7H,8H2,1H3,(H2,15,20). The molecule has 0 saturated heterocycles. The van der Waals surface area contributed by atoms with Crippen LogP contribution in [0.25, 0.3) is 16.6 Å². The van der Waals surface area contributed by atoms with Crippen molar-refractivity contribution in [2.45, 2.75) is 11.9 Å². The third kappa shape index (κ3) is 2.59. The number of aromatic nitrogens is 4. The Bertz CT molecular complexity index is 800. The molecule has 1 amide bonds. The van der Waals surface area contributed by atoms with Gasteiger partial charge in [0.1, 0.15) is 10.5 Å². The van der Waals surface area contributed by atoms with E-state index in [0.717, 1.165) is 22.3 Å². The quantitative estimate of drug-likeness (QED) is 0.741. The number of primary amides is 1. The van der Waals surface area contributed by atoms with Gasteiger partial charge in [0.25, 0.3) is 0 Å². The maximum absolute atomic E-state index is 11.0. The molecule has 0 aliphatic rings. The van der Waals surface area contributed by atoms with Gasteiger partial charge >= 0.3 is 0 Å². The van der Waals surface area contributed by atoms with Crippen molar-refractivity contribution in [2.75, 3.05) is 5.75 Å². The van der Waals surface area contributed by atoms with Gasteiger partial charge in [-0.1, -0.05) is 30.0 Å². The highest BCUT2D eigenvalue weighted by Crippen LogP contribution is 2.28. The third-order valence-electron chi connectivity index (χ3n) is 3.00. The Hall–Kier alpha value is -2.41. The molecule has 0 bridgehead atoms. The number of rotatable bonds is 4. The highest BCUT2D eigenvalue weighted by molar-refractivity contribution is 8.00. The Morgan fingerprint density at radius 3 is 2.76 bits per heavy atom. The Kier molecular flexibility index (Phi) is 3.57. The van der Waals surface area contributed by atoms with Gasteiger partial charge in [-0.15, -0.1) is 5.10 Å². The van der Waals surface area contributed by atoms with Crippen molar-refractivity contribution in [1.29, 1.82) is 0 Å². The van der Waals surface area contributed by atoms with Crippen molar-refractivity contribution in [3.8, 4) is 5.69 Å². The number of fused-ring (bicyclic) bond motifs is 1. The van der Waals surface area contributed by atoms with Crippen LogP contribution in [0.15, 0.2) is 41.6 Å². The molecule has 2 aromatic heterocycles. The molecule has 3 rings (SSSR count). The van der Waals surface area contributed by atoms with Gasteiger partial charge < -0.3 is 5.73 Å². The number of thioether (sulfide) groups is 1. The van der Waals surface area contributed by atoms with E-state index in [4.69, 9.17) is 5.73 Å². The molecule has 0 atom stereocenters. The second-order valence-corrected chi connectivity index (χ2v) is 5.46. The fourth-order valence-electron chi connectivity index (χ4n) is 2.04. The minimum atomic E-state index is -0.388. The Balaban J connectivity index is 2.17. The lowest BCUT2D eigenvalue weighted by Gasteiger charge is -2.07. The van der Waals surface area contributed by atoms with E-state index in [1.807, 2.05) is 37.3 Å². The van der Waals surface area contributed by atoms with Crippen molar-refractivity contribution in [1.82, 2.24) is 20.0 Å². The molecule has 0 saturated carbocycles. The maximum atomic E-state index is 11.0. The average molecular weight is 299 g/mol. The molecular formula is C14H13N5OS. The summed E-state index contributed by atoms with van der Waals surface area (Å²) in [6, 6.07) is 9.76. The summed E-state index contributed by atoms with van der Waals surface area (Å²) in [6.07, 6.45) is 1.76. The molecule has 0 aliphatic carbocycles. The molecule has 0 fully saturated rings. The van der Waals surface area contributed by atoms with Crippen LogP contribution < -0.4 is 5.73 Å². The summed E-state index contributed by atoms with van der Waals surface area (Å²) >= 11 is 1.27. The Morgan fingerprint density at radius 1 is 1.29 bits per heavy atom. The SMILES string of the molecule is Cc1nnc(SCC(N)=O)c2c1cnn2-c1ccccc1. The number of hydrogen-bond donors (Lipinski definition) is 1. The van der Waals surface area contributed by atoms with Gasteiger partial charge in [-0.25, -0.2) is 4.68 Å². The molecule has 0 radical (unpaired) electrons. The number of nitrogens with zero attached hydrogens (tertiary/aromatic N) is 4. The predicted octanol–water partition coefficient (Wildman–Crippen LogP) is 1.70. The summed E-state index contributed by atoms with van der Waals surface area (Å²) in [5, 5.41) is 14.3. The van der Waals surface area contributed by atoms with Crippen molar-refractivity contribution in [2.24, 2.45) is 5.73 Å². The van der Waals surface area contributed by atoms with Crippen LogP contribution in [0.4, 0.5) is 0 Å². The number of para-hydroxylation sites is 1. The van der Waals surface area contributed by atoms with Crippen molar-refractivity contribution < 1.29 is 4.79 Å². The van der Waals surface area contributed by atoms with Gasteiger partial charge in [-0.2, -0.15) is 10.2 Å². The zero-order chi connectivity index (χ0) is 14.8. The van der Waals surface area contributed by atoms with Crippen LogP contribution in [0.3, 0.4) is 0 Å². The van der Waals surface area contributed by atoms with Crippen molar-refractivity contribution in [3.63, 3.8) is 0 Å². The van der Waals surface area contributed by atoms with Gasteiger partial charge in [0.15, 0.2) is 0 Å². The smallest absolute Gasteiger partial charge is 0.227 e. The molecule has 0 spiro atoms. The summed E-state index contributed by atoms with van der Waals surface area (Å²) in [5.41, 5.74) is 7.79. The van der Waals surface area contributed by atoms with Crippen LogP contribution in [-0.2, 0) is 4.79 Å². The topological polar surface area (TPSA) is 86.7 Å². The van der Waals surface area contributed by atoms with E-state index >= 15 is 0 Å². The Morgan fingerprint density at radius 2 is 2.05 bits per heavy atom. The first-order valence-corrected chi connectivity index (χ1v) is 7.33. The fourth-order valence-corrected chi connectivity index (χ4v) is 2.75. The van der Waals surface area contributed by atoms with Gasteiger partial charge in [0.2, 0.25) is 5.91 Å². The third-order valence-corrected chi connectivity index (χ3v) is 3.98. The first-order valence-electron chi connectivity index (χ1n) is 6.34. The molecule has 6 nitrogen and oxygen atoms in total. The minimum Gasteiger partial charge on any atom is -0.369 e. The zero-order valence-electron chi connectivity index (χ0n) is 11.4. The highest BCUT2D eigenvalue weighted by atomic mass is 32.2. The molecule has 21 heavy (non-hydrogen) atoms. The Labute approximate surface area is 125 Å². The van der Waals surface area contributed by atoms with Gasteiger partial charge in [0.05, 0.1) is 23.3 Å². The number of benzene rings is 1. The van der Waals surface area contributed by atoms with E-state index in [9.17, 15) is 4.79 Å². The summed E-state index contributed by atoms with van der Waals surface area (Å²) in [4.78, 5) is 11.0. The molecule has 0 unspecified atom stereocenters. The summed E-state index contributed by atoms with van der Waals surface area (Å²) in [7, 11) is 0. The average Bonchev–Trinajstić information content (AvgIpc) is 2.93. The minimum absolute atomic E-state index is 0.160. The predicted molar refractivity (Wildman–Crippen MR) is 81.3 cm³/mol. The van der Waals surface area contributed by atoms with Gasteiger partial charge in [-0.05, 0) is 19.1 Å². The number of amides is 1. The normalized spacial score (nSPS) is 10.9. The fraction of sp³-hybridized carbons (Fsp3) is 0.143. The molecule has 0 aliphatic heterocycles. The van der Waals surface area contributed by atoms with Gasteiger partial charge in [0, 0.05) is 5.39 Å². The lowest BCUT2D eigenvalue weighted by Crippen LogP contribution is -2.13. The number of carbonyl (C=O) groups is 1. The van der Waals surface area contributed by atoms with E-state index in [0.29, 0.717) is 5.03 Å². The number of aryl methyl sites for hydroxylation is 1. The number of nitrogens with two attached hydrogens (primary N) is 1. The summed E-state index contributed by atoms with van der Waals surface area (Å²) in [5.74, 6) is -0.228. The van der Waals surface area contributed by atoms with E-state index in [-0.39, 0.29) is 11.7 Å². The first kappa shape index (κ1) is 13.6. The summed E-state index contributed by atoms with van der Waals surface area (Å²) in [6.45, 7) is 1.88. The van der Waals surface area contributed by atoms with Crippen LogP contribution in [0.5, 0.6) is 0 Å². The molecule has 7 heteroatoms. The van der Waals surface area contributed by atoms with Gasteiger partial charge in [-0.3, -0.25) is 4.79 Å². The largest absolute Gasteiger partial charge is 0.369 e. The van der Waals surface area contributed by atoms with E-state index in [1.54, 1.807) is 10.9 Å². The molecule has 106 valence electrons. The molecule has 2 heterocycles. The molecular weight excluding hydrogens is 286 g/mol. The lowest BCUT2D eigenvalue weighted by atomic mass is 10.3. The maximum Gasteiger partial charge on any atom is 0.227 e. The van der Waals surface area contributed by atoms with E-state index in [1.165, 1.54) is 11.8 Å². The lowest BCUT2D eigenvalue weighted by molar-refractivity contribution is -0.115. The second-order valence-electron chi connectivity index (χ2n) is 4.50. The van der Waals surface area contributed by atoms with Crippen LogP contribution >= 0.6 is 11.8 Å². The van der Waals surface area contributed by atoms with Crippen LogP contribution in [-0.4, -0.2) is 31.6 Å². The van der Waals surface area contributed by atoms with Crippen LogP contribution in [0.1, 0.15) is 5.69 Å². The second kappa shape index (κ2) is 5.53. The number of hydrogen-bond acceptors (Lipinski definition) is 5. The van der Waals surface area contributed by atoms with E-state index < -0.39 is 0 Å². The number of carbonyl (C=O) groups excluding carboxylic acids is 1.